The summed E-state index contributed by atoms with van der Waals surface area (Å²) in [4.78, 5) is 36.3. The minimum atomic E-state index is -1.06. The van der Waals surface area contributed by atoms with Gasteiger partial charge in [0.2, 0.25) is 5.91 Å². The van der Waals surface area contributed by atoms with Gasteiger partial charge in [0.25, 0.3) is 0 Å². The Labute approximate surface area is 174 Å². The number of nitrogens with one attached hydrogen (secondary N) is 1. The van der Waals surface area contributed by atoms with Gasteiger partial charge in [-0.3, -0.25) is 4.79 Å². The molecular formula is C23H27NO6. The first-order valence-corrected chi connectivity index (χ1v) is 10.1. The third-order valence-corrected chi connectivity index (χ3v) is 5.48. The van der Waals surface area contributed by atoms with Crippen molar-refractivity contribution >= 4 is 33.8 Å². The number of amides is 1. The Bertz CT molecular complexity index is 1180. The Balaban J connectivity index is 1.88. The summed E-state index contributed by atoms with van der Waals surface area (Å²) in [5, 5.41) is 13.6. The molecule has 2 aromatic heterocycles. The highest BCUT2D eigenvalue weighted by Gasteiger charge is 2.22. The molecule has 0 bridgehead atoms. The molecule has 0 unspecified atom stereocenters. The number of furan rings is 1. The molecule has 0 saturated carbocycles. The highest BCUT2D eigenvalue weighted by atomic mass is 16.4. The van der Waals surface area contributed by atoms with Crippen molar-refractivity contribution in [3.63, 3.8) is 0 Å². The fourth-order valence-electron chi connectivity index (χ4n) is 3.81. The van der Waals surface area contributed by atoms with Gasteiger partial charge >= 0.3 is 11.6 Å². The molecule has 1 aromatic carbocycles. The van der Waals surface area contributed by atoms with Crippen LogP contribution in [0.1, 0.15) is 48.9 Å². The van der Waals surface area contributed by atoms with Crippen LogP contribution in [0.2, 0.25) is 0 Å². The van der Waals surface area contributed by atoms with Crippen LogP contribution in [0.5, 0.6) is 0 Å². The van der Waals surface area contributed by atoms with E-state index < -0.39 is 23.5 Å². The number of benzene rings is 1. The molecule has 0 saturated heterocycles. The Kier molecular flexibility index (Phi) is 6.01. The largest absolute Gasteiger partial charge is 0.480 e. The lowest BCUT2D eigenvalue weighted by Gasteiger charge is -2.16. The second kappa shape index (κ2) is 8.34. The molecule has 2 N–H and O–H groups in total. The van der Waals surface area contributed by atoms with Crippen LogP contribution in [0.15, 0.2) is 26.0 Å². The van der Waals surface area contributed by atoms with E-state index in [0.29, 0.717) is 23.2 Å². The van der Waals surface area contributed by atoms with Gasteiger partial charge in [-0.25, -0.2) is 9.59 Å². The van der Waals surface area contributed by atoms with E-state index in [0.717, 1.165) is 27.5 Å². The van der Waals surface area contributed by atoms with Gasteiger partial charge in [-0.2, -0.15) is 0 Å². The summed E-state index contributed by atoms with van der Waals surface area (Å²) < 4.78 is 11.2. The van der Waals surface area contributed by atoms with Gasteiger partial charge in [-0.05, 0) is 56.7 Å². The van der Waals surface area contributed by atoms with Gasteiger partial charge in [0.15, 0.2) is 0 Å². The van der Waals surface area contributed by atoms with Crippen molar-refractivity contribution in [2.45, 2.75) is 59.9 Å². The third kappa shape index (κ3) is 4.10. The summed E-state index contributed by atoms with van der Waals surface area (Å²) in [6.45, 7) is 9.43. The van der Waals surface area contributed by atoms with E-state index in [1.165, 1.54) is 0 Å². The molecule has 0 radical (unpaired) electrons. The lowest BCUT2D eigenvalue weighted by Crippen LogP contribution is -2.41. The minimum absolute atomic E-state index is 0.00491. The van der Waals surface area contributed by atoms with E-state index >= 15 is 0 Å². The van der Waals surface area contributed by atoms with Crippen molar-refractivity contribution in [3.05, 3.63) is 45.0 Å². The van der Waals surface area contributed by atoms with Crippen LogP contribution in [0.25, 0.3) is 21.9 Å². The fraction of sp³-hybridized carbons (Fsp3) is 0.435. The van der Waals surface area contributed by atoms with E-state index in [2.05, 4.69) is 5.32 Å². The van der Waals surface area contributed by atoms with Crippen molar-refractivity contribution in [1.82, 2.24) is 5.32 Å². The summed E-state index contributed by atoms with van der Waals surface area (Å²) in [6.07, 6.45) is 2.19. The van der Waals surface area contributed by atoms with E-state index in [1.807, 2.05) is 40.7 Å². The van der Waals surface area contributed by atoms with Crippen LogP contribution in [0.3, 0.4) is 0 Å². The molecule has 2 heterocycles. The molecule has 7 heteroatoms. The van der Waals surface area contributed by atoms with Crippen LogP contribution >= 0.6 is 0 Å². The number of carboxylic acids is 1. The maximum absolute atomic E-state index is 12.6. The van der Waals surface area contributed by atoms with Gasteiger partial charge < -0.3 is 19.3 Å². The maximum atomic E-state index is 12.6. The number of carbonyl (C=O) groups is 2. The van der Waals surface area contributed by atoms with Crippen molar-refractivity contribution < 1.29 is 23.5 Å². The number of carboxylic acid groups (broad SMARTS) is 1. The Morgan fingerprint density at radius 2 is 1.80 bits per heavy atom. The van der Waals surface area contributed by atoms with Crippen molar-refractivity contribution in [2.24, 2.45) is 5.92 Å². The summed E-state index contributed by atoms with van der Waals surface area (Å²) in [5.41, 5.74) is 3.62. The number of rotatable bonds is 7. The number of fused-ring (bicyclic) bond motifs is 2. The molecule has 0 aliphatic rings. The van der Waals surface area contributed by atoms with Gasteiger partial charge in [0.05, 0.1) is 6.26 Å². The SMILES string of the molecule is Cc1coc2c(C)c3oc(=O)c(CCC(=O)N[C@H](CC(C)C)C(=O)O)c(C)c3cc12. The molecule has 0 spiro atoms. The molecule has 7 nitrogen and oxygen atoms in total. The van der Waals surface area contributed by atoms with Crippen molar-refractivity contribution in [2.75, 3.05) is 0 Å². The number of aryl methyl sites for hydroxylation is 3. The van der Waals surface area contributed by atoms with E-state index in [4.69, 9.17) is 8.83 Å². The number of hydrogen-bond acceptors (Lipinski definition) is 5. The van der Waals surface area contributed by atoms with E-state index in [1.54, 1.807) is 6.26 Å². The lowest BCUT2D eigenvalue weighted by atomic mass is 9.98. The Morgan fingerprint density at radius 1 is 1.10 bits per heavy atom. The lowest BCUT2D eigenvalue weighted by molar-refractivity contribution is -0.142. The second-order valence-electron chi connectivity index (χ2n) is 8.25. The number of hydrogen-bond donors (Lipinski definition) is 2. The standard InChI is InChI=1S/C23H27NO6/c1-11(2)8-18(22(26)27)24-19(25)7-6-15-13(4)17-9-16-12(3)10-29-20(16)14(5)21(17)30-23(15)28/h9-11,18H,6-8H2,1-5H3,(H,24,25)(H,26,27)/t18-/m1/s1. The predicted molar refractivity (Wildman–Crippen MR) is 114 cm³/mol. The van der Waals surface area contributed by atoms with E-state index in [-0.39, 0.29) is 18.8 Å². The molecule has 3 aromatic rings. The van der Waals surface area contributed by atoms with Crippen LogP contribution in [-0.2, 0) is 16.0 Å². The average Bonchev–Trinajstić information content (AvgIpc) is 3.03. The topological polar surface area (TPSA) is 110 Å². The highest BCUT2D eigenvalue weighted by Crippen LogP contribution is 2.32. The zero-order valence-corrected chi connectivity index (χ0v) is 17.9. The molecule has 0 fully saturated rings. The number of carbonyl (C=O) groups excluding carboxylic acids is 1. The zero-order chi connectivity index (χ0) is 22.2. The second-order valence-corrected chi connectivity index (χ2v) is 8.25. The fourth-order valence-corrected chi connectivity index (χ4v) is 3.81. The number of aliphatic carboxylic acids is 1. The monoisotopic (exact) mass is 413 g/mol. The Morgan fingerprint density at radius 3 is 2.43 bits per heavy atom. The van der Waals surface area contributed by atoms with Crippen molar-refractivity contribution in [3.8, 4) is 0 Å². The van der Waals surface area contributed by atoms with Crippen LogP contribution in [-0.4, -0.2) is 23.0 Å². The summed E-state index contributed by atoms with van der Waals surface area (Å²) >= 11 is 0. The van der Waals surface area contributed by atoms with Crippen LogP contribution in [0, 0.1) is 26.7 Å². The molecule has 0 aliphatic carbocycles. The average molecular weight is 413 g/mol. The molecular weight excluding hydrogens is 386 g/mol. The Hall–Kier alpha value is -3.09. The summed E-state index contributed by atoms with van der Waals surface area (Å²) in [7, 11) is 0. The highest BCUT2D eigenvalue weighted by molar-refractivity contribution is 5.99. The first kappa shape index (κ1) is 21.6. The van der Waals surface area contributed by atoms with Gasteiger partial charge in [-0.1, -0.05) is 13.8 Å². The molecule has 1 amide bonds. The minimum Gasteiger partial charge on any atom is -0.480 e. The maximum Gasteiger partial charge on any atom is 0.339 e. The normalized spacial score (nSPS) is 12.6. The zero-order valence-electron chi connectivity index (χ0n) is 17.9. The van der Waals surface area contributed by atoms with Crippen molar-refractivity contribution in [1.29, 1.82) is 0 Å². The van der Waals surface area contributed by atoms with Gasteiger partial charge in [-0.15, -0.1) is 0 Å². The third-order valence-electron chi connectivity index (χ3n) is 5.48. The van der Waals surface area contributed by atoms with Crippen LogP contribution in [0.4, 0.5) is 0 Å². The predicted octanol–water partition coefficient (Wildman–Crippen LogP) is 4.01. The first-order valence-electron chi connectivity index (χ1n) is 10.1. The smallest absolute Gasteiger partial charge is 0.339 e. The molecule has 160 valence electrons. The van der Waals surface area contributed by atoms with Crippen LogP contribution < -0.4 is 10.9 Å². The molecule has 30 heavy (non-hydrogen) atoms. The molecule has 3 rings (SSSR count). The molecule has 0 aliphatic heterocycles. The summed E-state index contributed by atoms with van der Waals surface area (Å²) in [5.74, 6) is -1.33. The molecule has 1 atom stereocenters. The van der Waals surface area contributed by atoms with Gasteiger partial charge in [0, 0.05) is 28.3 Å². The van der Waals surface area contributed by atoms with Gasteiger partial charge in [0.1, 0.15) is 17.2 Å². The first-order chi connectivity index (χ1) is 14.1. The van der Waals surface area contributed by atoms with E-state index in [9.17, 15) is 19.5 Å². The quantitative estimate of drug-likeness (QED) is 0.566. The summed E-state index contributed by atoms with van der Waals surface area (Å²) in [6, 6.07) is 1.01.